The first-order chi connectivity index (χ1) is 18.5. The lowest BCUT2D eigenvalue weighted by molar-refractivity contribution is 0.109. The normalized spacial score (nSPS) is 13.7. The van der Waals surface area contributed by atoms with E-state index in [-0.39, 0.29) is 51.4 Å². The second kappa shape index (κ2) is 11.9. The zero-order valence-corrected chi connectivity index (χ0v) is 23.5. The fraction of sp³-hybridized carbons (Fsp3) is 0.320. The molecule has 0 bridgehead atoms. The summed E-state index contributed by atoms with van der Waals surface area (Å²) < 4.78 is 34.2. The Kier molecular flexibility index (Phi) is 8.76. The lowest BCUT2D eigenvalue weighted by Crippen LogP contribution is -2.53. The molecule has 2 aromatic heterocycles. The Labute approximate surface area is 234 Å². The Morgan fingerprint density at radius 1 is 1.18 bits per heavy atom. The summed E-state index contributed by atoms with van der Waals surface area (Å²) in [5.74, 6) is -0.0971. The third-order valence-corrected chi connectivity index (χ3v) is 8.89. The van der Waals surface area contributed by atoms with E-state index in [4.69, 9.17) is 21.8 Å². The van der Waals surface area contributed by atoms with Gasteiger partial charge in [-0.3, -0.25) is 4.90 Å². The van der Waals surface area contributed by atoms with Gasteiger partial charge < -0.3 is 20.4 Å². The number of hydrogen-bond donors (Lipinski definition) is 3. The number of nitrogens with zero attached hydrogens (tertiary/aromatic N) is 4. The molecule has 1 amide bonds. The highest BCUT2D eigenvalue weighted by Crippen LogP contribution is 2.31. The first-order valence-corrected chi connectivity index (χ1v) is 14.6. The molecule has 2 unspecified atom stereocenters. The largest absolute Gasteiger partial charge is 0.465 e. The zero-order valence-electron chi connectivity index (χ0n) is 21.1. The van der Waals surface area contributed by atoms with Gasteiger partial charge in [-0.25, -0.2) is 18.2 Å². The molecule has 208 valence electrons. The number of amides is 1. The van der Waals surface area contributed by atoms with Gasteiger partial charge in [0, 0.05) is 19.2 Å². The number of anilines is 2. The number of carbonyl (C=O) groups is 1. The average molecular weight is 594 g/mol. The highest BCUT2D eigenvalue weighted by molar-refractivity contribution is 7.89. The molecule has 0 spiro atoms. The molecule has 4 N–H and O–H groups in total. The van der Waals surface area contributed by atoms with Gasteiger partial charge in [-0.2, -0.15) is 9.29 Å². The Hall–Kier alpha value is -3.23. The third kappa shape index (κ3) is 6.68. The first-order valence-electron chi connectivity index (χ1n) is 12.0. The molecule has 0 radical (unpaired) electrons. The van der Waals surface area contributed by atoms with Gasteiger partial charge in [0.2, 0.25) is 10.0 Å². The van der Waals surface area contributed by atoms with Crippen LogP contribution in [0.2, 0.25) is 4.47 Å². The molecule has 0 aliphatic heterocycles. The number of nitrogen functional groups attached to an aromatic ring is 1. The van der Waals surface area contributed by atoms with Crippen molar-refractivity contribution in [1.82, 2.24) is 14.3 Å². The minimum Gasteiger partial charge on any atom is -0.465 e. The van der Waals surface area contributed by atoms with E-state index in [0.717, 1.165) is 26.1 Å². The summed E-state index contributed by atoms with van der Waals surface area (Å²) in [4.78, 5) is 21.3. The summed E-state index contributed by atoms with van der Waals surface area (Å²) >= 11 is 6.93. The van der Waals surface area contributed by atoms with Crippen molar-refractivity contribution >= 4 is 61.2 Å². The van der Waals surface area contributed by atoms with Crippen LogP contribution in [0.25, 0.3) is 11.1 Å². The molecular weight excluding hydrogens is 566 g/mol. The van der Waals surface area contributed by atoms with Crippen LogP contribution in [0.3, 0.4) is 0 Å². The molecule has 0 saturated heterocycles. The minimum atomic E-state index is -4.14. The number of aliphatic hydroxyl groups excluding tert-OH is 1. The van der Waals surface area contributed by atoms with Gasteiger partial charge in [-0.05, 0) is 30.0 Å². The molecule has 0 aliphatic carbocycles. The number of halogens is 1. The fourth-order valence-corrected chi connectivity index (χ4v) is 6.87. The van der Waals surface area contributed by atoms with Crippen molar-refractivity contribution in [2.75, 3.05) is 23.7 Å². The fourth-order valence-electron chi connectivity index (χ4n) is 4.25. The summed E-state index contributed by atoms with van der Waals surface area (Å²) in [6.07, 6.45) is -1.32. The Morgan fingerprint density at radius 2 is 1.90 bits per heavy atom. The van der Waals surface area contributed by atoms with Gasteiger partial charge in [0.25, 0.3) is 6.01 Å². The number of sulfonamides is 1. The summed E-state index contributed by atoms with van der Waals surface area (Å²) in [5, 5.41) is 21.9. The monoisotopic (exact) mass is 593 g/mol. The van der Waals surface area contributed by atoms with E-state index < -0.39 is 28.3 Å². The first kappa shape index (κ1) is 28.8. The van der Waals surface area contributed by atoms with Crippen molar-refractivity contribution in [2.24, 2.45) is 5.92 Å². The summed E-state index contributed by atoms with van der Waals surface area (Å²) in [6.45, 7) is 3.40. The van der Waals surface area contributed by atoms with E-state index in [2.05, 4.69) is 9.97 Å². The lowest BCUT2D eigenvalue weighted by atomic mass is 9.99. The van der Waals surface area contributed by atoms with E-state index in [1.807, 2.05) is 19.9 Å². The lowest BCUT2D eigenvalue weighted by Gasteiger charge is -2.35. The molecule has 11 nitrogen and oxygen atoms in total. The van der Waals surface area contributed by atoms with Crippen LogP contribution in [-0.4, -0.2) is 64.2 Å². The third-order valence-electron chi connectivity index (χ3n) is 5.95. The van der Waals surface area contributed by atoms with Crippen molar-refractivity contribution in [3.63, 3.8) is 0 Å². The van der Waals surface area contributed by atoms with Gasteiger partial charge in [0.1, 0.15) is 10.5 Å². The summed E-state index contributed by atoms with van der Waals surface area (Å²) in [7, 11) is -4.14. The molecule has 4 rings (SSSR count). The molecule has 14 heteroatoms. The molecule has 39 heavy (non-hydrogen) atoms. The quantitative estimate of drug-likeness (QED) is 0.230. The molecule has 2 heterocycles. The van der Waals surface area contributed by atoms with Crippen LogP contribution in [0.5, 0.6) is 0 Å². The standard InChI is InChI=1S/C25H28ClN5O6S2/c1-15(2)13-30(39(35,36)17-8-9-18-21(11-17)37-24(27)29-18)14-20(32)19(10-16-6-4-3-5-7-16)31(25(33)34)22-12-28-23(26)38-22/h3-9,11-12,15,19-20,32H,10,13-14H2,1-2H3,(H2,27,29)(H,33,34). The van der Waals surface area contributed by atoms with Crippen LogP contribution in [0.15, 0.2) is 64.0 Å². The van der Waals surface area contributed by atoms with E-state index >= 15 is 0 Å². The SMILES string of the molecule is CC(C)CN(CC(O)C(Cc1ccccc1)N(C(=O)O)c1cnc(Cl)s1)S(=O)(=O)c1ccc2nc(N)oc2c1. The van der Waals surface area contributed by atoms with E-state index in [9.17, 15) is 23.4 Å². The maximum Gasteiger partial charge on any atom is 0.412 e. The average Bonchev–Trinajstić information content (AvgIpc) is 3.46. The maximum absolute atomic E-state index is 13.8. The van der Waals surface area contributed by atoms with E-state index in [0.29, 0.717) is 5.52 Å². The second-order valence-corrected chi connectivity index (χ2v) is 12.9. The number of oxazole rings is 1. The van der Waals surface area contributed by atoms with Crippen molar-refractivity contribution in [3.05, 3.63) is 64.8 Å². The van der Waals surface area contributed by atoms with E-state index in [1.54, 1.807) is 24.3 Å². The number of benzene rings is 2. The molecule has 0 saturated carbocycles. The van der Waals surface area contributed by atoms with Gasteiger partial charge in [0.15, 0.2) is 10.0 Å². The number of fused-ring (bicyclic) bond motifs is 1. The molecule has 0 fully saturated rings. The zero-order chi connectivity index (χ0) is 28.3. The van der Waals surface area contributed by atoms with Crippen molar-refractivity contribution in [3.8, 4) is 0 Å². The maximum atomic E-state index is 13.8. The second-order valence-electron chi connectivity index (χ2n) is 9.33. The number of rotatable bonds is 11. The summed E-state index contributed by atoms with van der Waals surface area (Å²) in [6, 6.07) is 12.1. The van der Waals surface area contributed by atoms with Crippen LogP contribution in [0.4, 0.5) is 15.8 Å². The molecule has 2 aromatic carbocycles. The molecular formula is C25H28ClN5O6S2. The molecule has 2 atom stereocenters. The van der Waals surface area contributed by atoms with Crippen LogP contribution < -0.4 is 10.6 Å². The van der Waals surface area contributed by atoms with Gasteiger partial charge in [-0.1, -0.05) is 67.1 Å². The van der Waals surface area contributed by atoms with Crippen molar-refractivity contribution < 1.29 is 27.8 Å². The molecule has 0 aliphatic rings. The topological polar surface area (TPSA) is 163 Å². The highest BCUT2D eigenvalue weighted by atomic mass is 35.5. The highest BCUT2D eigenvalue weighted by Gasteiger charge is 2.36. The Bertz CT molecular complexity index is 1540. The van der Waals surface area contributed by atoms with Gasteiger partial charge in [-0.15, -0.1) is 0 Å². The number of carboxylic acid groups (broad SMARTS) is 1. The van der Waals surface area contributed by atoms with Crippen LogP contribution in [0.1, 0.15) is 19.4 Å². The van der Waals surface area contributed by atoms with Gasteiger partial charge in [0.05, 0.1) is 23.2 Å². The number of aliphatic hydroxyl groups is 1. The molecule has 4 aromatic rings. The van der Waals surface area contributed by atoms with Crippen molar-refractivity contribution in [1.29, 1.82) is 0 Å². The van der Waals surface area contributed by atoms with Crippen LogP contribution in [-0.2, 0) is 16.4 Å². The van der Waals surface area contributed by atoms with Gasteiger partial charge >= 0.3 is 6.09 Å². The number of aromatic nitrogens is 2. The van der Waals surface area contributed by atoms with Crippen LogP contribution >= 0.6 is 22.9 Å². The van der Waals surface area contributed by atoms with Crippen molar-refractivity contribution in [2.45, 2.75) is 37.3 Å². The van der Waals surface area contributed by atoms with E-state index in [1.165, 1.54) is 24.4 Å². The number of hydrogen-bond acceptors (Lipinski definition) is 9. The smallest absolute Gasteiger partial charge is 0.412 e. The number of nitrogens with two attached hydrogens (primary N) is 1. The summed E-state index contributed by atoms with van der Waals surface area (Å²) in [5.41, 5.74) is 6.98. The van der Waals surface area contributed by atoms with Crippen LogP contribution in [0, 0.1) is 5.92 Å². The number of thiazole rings is 1. The predicted molar refractivity (Wildman–Crippen MR) is 150 cm³/mol. The Balaban J connectivity index is 1.71. The predicted octanol–water partition coefficient (Wildman–Crippen LogP) is 4.32. The Morgan fingerprint density at radius 3 is 2.51 bits per heavy atom. The minimum absolute atomic E-state index is 0.0667.